The monoisotopic (exact) mass is 699 g/mol. The molecule has 8 aliphatic carbocycles. The Labute approximate surface area is 321 Å². The fourth-order valence-electron chi connectivity index (χ4n) is 11.2. The first kappa shape index (κ1) is 33.6. The van der Waals surface area contributed by atoms with Gasteiger partial charge in [-0.2, -0.15) is 6.42 Å². The zero-order valence-electron chi connectivity index (χ0n) is 31.7. The first-order chi connectivity index (χ1) is 26.7. The molecule has 6 unspecified atom stereocenters. The molecule has 0 aromatic heterocycles. The van der Waals surface area contributed by atoms with Crippen molar-refractivity contribution in [1.82, 2.24) is 0 Å². The molecule has 0 bridgehead atoms. The zero-order chi connectivity index (χ0) is 36.2. The molecule has 2 aromatic carbocycles. The van der Waals surface area contributed by atoms with Crippen LogP contribution in [0.25, 0.3) is 22.3 Å². The van der Waals surface area contributed by atoms with E-state index in [0.29, 0.717) is 35.5 Å². The number of hydrogen-bond donors (Lipinski definition) is 0. The molecule has 0 aliphatic heterocycles. The van der Waals surface area contributed by atoms with E-state index < -0.39 is 0 Å². The van der Waals surface area contributed by atoms with E-state index in [1.54, 1.807) is 11.1 Å². The molecule has 8 aliphatic rings. The summed E-state index contributed by atoms with van der Waals surface area (Å²) in [5.41, 5.74) is 15.3. The third kappa shape index (κ3) is 5.64. The smallest absolute Gasteiger partial charge is 0.0134 e. The van der Waals surface area contributed by atoms with Gasteiger partial charge in [0.15, 0.2) is 0 Å². The Kier molecular flexibility index (Phi) is 8.74. The van der Waals surface area contributed by atoms with Crippen molar-refractivity contribution in [2.45, 2.75) is 58.3 Å². The molecule has 0 radical (unpaired) electrons. The summed E-state index contributed by atoms with van der Waals surface area (Å²) in [5, 5.41) is 5.74. The van der Waals surface area contributed by atoms with Crippen LogP contribution >= 0.6 is 0 Å². The van der Waals surface area contributed by atoms with E-state index in [1.807, 2.05) is 0 Å². The molecule has 0 heterocycles. The number of hydrogen-bond acceptors (Lipinski definition) is 0. The average Bonchev–Trinajstić information content (AvgIpc) is 3.23. The van der Waals surface area contributed by atoms with Crippen LogP contribution in [0.2, 0.25) is 0 Å². The number of fused-ring (bicyclic) bond motifs is 5. The molecule has 0 saturated heterocycles. The molecule has 0 fully saturated rings. The van der Waals surface area contributed by atoms with E-state index in [9.17, 15) is 0 Å². The summed E-state index contributed by atoms with van der Waals surface area (Å²) < 4.78 is 0. The predicted octanol–water partition coefficient (Wildman–Crippen LogP) is 10.1. The second kappa shape index (κ2) is 14.0. The van der Waals surface area contributed by atoms with E-state index in [2.05, 4.69) is 160 Å². The fraction of sp³-hybridized carbons (Fsp3) is 0.278. The summed E-state index contributed by atoms with van der Waals surface area (Å²) >= 11 is 0. The number of benzene rings is 2. The maximum atomic E-state index is 4.21. The summed E-state index contributed by atoms with van der Waals surface area (Å²) in [6.45, 7) is 6.52. The lowest BCUT2D eigenvalue weighted by Crippen LogP contribution is -2.41. The van der Waals surface area contributed by atoms with Gasteiger partial charge in [0.1, 0.15) is 0 Å². The minimum atomic E-state index is 0.342. The molecule has 0 saturated carbocycles. The minimum absolute atomic E-state index is 0.342. The number of allylic oxidation sites excluding steroid dienone is 22. The molecule has 268 valence electrons. The minimum Gasteiger partial charge on any atom is -0.343 e. The van der Waals surface area contributed by atoms with Gasteiger partial charge >= 0.3 is 0 Å². The molecule has 54 heavy (non-hydrogen) atoms. The third-order valence-electron chi connectivity index (χ3n) is 13.8. The van der Waals surface area contributed by atoms with Crippen LogP contribution in [-0.2, 0) is 0 Å². The lowest BCUT2D eigenvalue weighted by atomic mass is 9.65. The van der Waals surface area contributed by atoms with Gasteiger partial charge in [-0.15, -0.1) is 0 Å². The highest BCUT2D eigenvalue weighted by Gasteiger charge is 2.37. The van der Waals surface area contributed by atoms with E-state index in [-0.39, 0.29) is 0 Å². The van der Waals surface area contributed by atoms with E-state index >= 15 is 0 Å². The highest BCUT2D eigenvalue weighted by atomic mass is 14.4. The molecule has 0 amide bonds. The maximum absolute atomic E-state index is 4.21. The van der Waals surface area contributed by atoms with Crippen LogP contribution in [0.4, 0.5) is 0 Å². The molecular weight excluding hydrogens is 649 g/mol. The first-order valence-electron chi connectivity index (χ1n) is 20.7. The summed E-state index contributed by atoms with van der Waals surface area (Å²) in [4.78, 5) is 0. The average molecular weight is 700 g/mol. The van der Waals surface area contributed by atoms with Crippen molar-refractivity contribution in [1.29, 1.82) is 0 Å². The molecule has 0 heteroatoms. The van der Waals surface area contributed by atoms with Crippen molar-refractivity contribution in [3.63, 3.8) is 0 Å². The van der Waals surface area contributed by atoms with Crippen LogP contribution in [0.1, 0.15) is 58.3 Å². The van der Waals surface area contributed by atoms with Crippen molar-refractivity contribution >= 4 is 22.3 Å². The fourth-order valence-corrected chi connectivity index (χ4v) is 11.2. The summed E-state index contributed by atoms with van der Waals surface area (Å²) in [7, 11) is 0. The quantitative estimate of drug-likeness (QED) is 0.264. The van der Waals surface area contributed by atoms with Gasteiger partial charge in [-0.1, -0.05) is 158 Å². The Balaban J connectivity index is 1.12. The molecule has 2 aromatic rings. The van der Waals surface area contributed by atoms with Gasteiger partial charge in [0.05, 0.1) is 0 Å². The standard InChI is InChI=1S/C54H51/c1-3-14-39-33-41(26-25-35(39)2)53-47-21-10-6-17-43(47)51(44-18-7-11-22-48(44)53)37-28-30-38(31-29-37)52-45-19-8-12-23-49(45)54(50-24-13-9-20-46(50)52)42-32-27-36-15-4-5-16-40(36)34-42/h4,6-13,15,17-28,30,32,39-40,43,45,47,49H,1,3,5,14,16,29,31,33-34H2,2H3/q-1. The van der Waals surface area contributed by atoms with Crippen LogP contribution < -0.4 is 20.9 Å². The lowest BCUT2D eigenvalue weighted by molar-refractivity contribution is 0.551. The van der Waals surface area contributed by atoms with Gasteiger partial charge in [-0.3, -0.25) is 0 Å². The van der Waals surface area contributed by atoms with Crippen molar-refractivity contribution < 1.29 is 0 Å². The lowest BCUT2D eigenvalue weighted by Gasteiger charge is -2.38. The Morgan fingerprint density at radius 1 is 0.556 bits per heavy atom. The van der Waals surface area contributed by atoms with Gasteiger partial charge < -0.3 is 6.92 Å². The Bertz CT molecular complexity index is 2540. The topological polar surface area (TPSA) is 0 Å². The van der Waals surface area contributed by atoms with E-state index in [4.69, 9.17) is 0 Å². The van der Waals surface area contributed by atoms with Crippen LogP contribution in [0, 0.1) is 42.4 Å². The van der Waals surface area contributed by atoms with Gasteiger partial charge in [0.25, 0.3) is 0 Å². The highest BCUT2D eigenvalue weighted by Crippen LogP contribution is 2.48. The first-order valence-corrected chi connectivity index (χ1v) is 20.7. The summed E-state index contributed by atoms with van der Waals surface area (Å²) in [5.74, 6) is 2.64. The zero-order valence-corrected chi connectivity index (χ0v) is 31.7. The predicted molar refractivity (Wildman–Crippen MR) is 228 cm³/mol. The van der Waals surface area contributed by atoms with Gasteiger partial charge in [0, 0.05) is 23.7 Å². The molecule has 10 rings (SSSR count). The second-order valence-electron chi connectivity index (χ2n) is 16.7. The van der Waals surface area contributed by atoms with Gasteiger partial charge in [-0.05, 0) is 128 Å². The molecule has 0 N–H and O–H groups in total. The Hall–Kier alpha value is -4.94. The highest BCUT2D eigenvalue weighted by molar-refractivity contribution is 5.84. The van der Waals surface area contributed by atoms with E-state index in [0.717, 1.165) is 38.5 Å². The Morgan fingerprint density at radius 3 is 1.52 bits per heavy atom. The van der Waals surface area contributed by atoms with Gasteiger partial charge in [0.2, 0.25) is 0 Å². The van der Waals surface area contributed by atoms with Crippen molar-refractivity contribution in [3.8, 4) is 0 Å². The van der Waals surface area contributed by atoms with Gasteiger partial charge in [-0.25, -0.2) is 0 Å². The van der Waals surface area contributed by atoms with Crippen molar-refractivity contribution in [2.75, 3.05) is 0 Å². The van der Waals surface area contributed by atoms with Crippen LogP contribution in [0.15, 0.2) is 179 Å². The third-order valence-corrected chi connectivity index (χ3v) is 13.8. The van der Waals surface area contributed by atoms with Crippen LogP contribution in [0.3, 0.4) is 0 Å². The van der Waals surface area contributed by atoms with Crippen molar-refractivity contribution in [2.24, 2.45) is 35.5 Å². The normalized spacial score (nSPS) is 29.1. The Morgan fingerprint density at radius 2 is 1.02 bits per heavy atom. The van der Waals surface area contributed by atoms with Crippen molar-refractivity contribution in [3.05, 3.63) is 207 Å². The SMILES string of the molecule is [CH2-]CCC1CC(C2=c3ccccc3=C(C3=CC=C(C4=c5ccccc5=C(C5=CC=C6C=CCCC6C5)C5C=CC=CC45)CC3)C3C=CC=CC23)=CC=C1C. The van der Waals surface area contributed by atoms with Crippen LogP contribution in [-0.4, -0.2) is 0 Å². The molecule has 0 nitrogen and oxygen atoms in total. The number of rotatable bonds is 6. The largest absolute Gasteiger partial charge is 0.343 e. The molecular formula is C54H51-. The molecule has 0 spiro atoms. The molecule has 6 atom stereocenters. The maximum Gasteiger partial charge on any atom is 0.0134 e. The summed E-state index contributed by atoms with van der Waals surface area (Å²) in [6.07, 6.45) is 47.5. The van der Waals surface area contributed by atoms with E-state index in [1.165, 1.54) is 78.3 Å². The second-order valence-corrected chi connectivity index (χ2v) is 16.7. The van der Waals surface area contributed by atoms with Crippen LogP contribution in [0.5, 0.6) is 0 Å². The summed E-state index contributed by atoms with van der Waals surface area (Å²) in [6, 6.07) is 18.6.